The quantitative estimate of drug-likeness (QED) is 0.687. The van der Waals surface area contributed by atoms with Crippen LogP contribution in [0.15, 0.2) is 12.3 Å². The van der Waals surface area contributed by atoms with Gasteiger partial charge in [0.05, 0.1) is 6.61 Å². The molecule has 0 aliphatic heterocycles. The highest BCUT2D eigenvalue weighted by molar-refractivity contribution is 5.07. The van der Waals surface area contributed by atoms with Gasteiger partial charge in [0.15, 0.2) is 0 Å². The average molecular weight is 166 g/mol. The number of rotatable bonds is 3. The second kappa shape index (κ2) is 4.04. The van der Waals surface area contributed by atoms with Gasteiger partial charge in [0.25, 0.3) is 0 Å². The summed E-state index contributed by atoms with van der Waals surface area (Å²) in [4.78, 5) is 8.09. The number of nitrogens with zero attached hydrogens (tertiary/aromatic N) is 2. The first kappa shape index (κ1) is 8.97. The second-order valence-electron chi connectivity index (χ2n) is 3.15. The Hall–Kier alpha value is -1.12. The van der Waals surface area contributed by atoms with Crippen molar-refractivity contribution >= 4 is 0 Å². The molecule has 3 heteroatoms. The molecule has 0 aliphatic carbocycles. The van der Waals surface area contributed by atoms with Gasteiger partial charge in [0, 0.05) is 12.3 Å². The lowest BCUT2D eigenvalue weighted by Crippen LogP contribution is -2.06. The van der Waals surface area contributed by atoms with E-state index in [1.165, 1.54) is 0 Å². The van der Waals surface area contributed by atoms with Crippen molar-refractivity contribution in [3.05, 3.63) is 18.1 Å². The molecule has 1 aromatic heterocycles. The van der Waals surface area contributed by atoms with Crippen LogP contribution in [0, 0.1) is 12.8 Å². The van der Waals surface area contributed by atoms with Crippen LogP contribution in [0.5, 0.6) is 5.88 Å². The summed E-state index contributed by atoms with van der Waals surface area (Å²) in [6.45, 7) is 6.76. The van der Waals surface area contributed by atoms with Crippen LogP contribution >= 0.6 is 0 Å². The zero-order chi connectivity index (χ0) is 8.97. The van der Waals surface area contributed by atoms with Gasteiger partial charge in [0.2, 0.25) is 5.88 Å². The third-order valence-electron chi connectivity index (χ3n) is 1.32. The average Bonchev–Trinajstić information content (AvgIpc) is 2.01. The molecule has 0 atom stereocenters. The highest BCUT2D eigenvalue weighted by atomic mass is 16.5. The monoisotopic (exact) mass is 166 g/mol. The summed E-state index contributed by atoms with van der Waals surface area (Å²) in [7, 11) is 0. The van der Waals surface area contributed by atoms with Gasteiger partial charge in [-0.1, -0.05) is 13.8 Å². The minimum atomic E-state index is 0.528. The van der Waals surface area contributed by atoms with Crippen molar-refractivity contribution in [2.75, 3.05) is 6.61 Å². The summed E-state index contributed by atoms with van der Waals surface area (Å²) in [5, 5.41) is 0. The van der Waals surface area contributed by atoms with Crippen LogP contribution < -0.4 is 4.74 Å². The van der Waals surface area contributed by atoms with Crippen molar-refractivity contribution < 1.29 is 4.74 Å². The molecule has 0 aromatic carbocycles. The fraction of sp³-hybridized carbons (Fsp3) is 0.556. The third kappa shape index (κ3) is 2.86. The Morgan fingerprint density at radius 2 is 2.25 bits per heavy atom. The van der Waals surface area contributed by atoms with Crippen LogP contribution in [0.1, 0.15) is 19.7 Å². The molecule has 0 amide bonds. The van der Waals surface area contributed by atoms with Crippen LogP contribution in [-0.4, -0.2) is 16.6 Å². The van der Waals surface area contributed by atoms with E-state index in [1.807, 2.05) is 6.92 Å². The van der Waals surface area contributed by atoms with E-state index in [0.717, 1.165) is 5.82 Å². The van der Waals surface area contributed by atoms with Crippen LogP contribution in [0.25, 0.3) is 0 Å². The van der Waals surface area contributed by atoms with Crippen LogP contribution in [-0.2, 0) is 0 Å². The maximum atomic E-state index is 5.40. The van der Waals surface area contributed by atoms with Gasteiger partial charge < -0.3 is 4.74 Å². The summed E-state index contributed by atoms with van der Waals surface area (Å²) in [6, 6.07) is 1.77. The van der Waals surface area contributed by atoms with Crippen molar-refractivity contribution in [1.82, 2.24) is 9.97 Å². The number of ether oxygens (including phenoxy) is 1. The Morgan fingerprint density at radius 1 is 1.50 bits per heavy atom. The molecule has 12 heavy (non-hydrogen) atoms. The van der Waals surface area contributed by atoms with Crippen molar-refractivity contribution in [2.45, 2.75) is 20.8 Å². The molecule has 3 nitrogen and oxygen atoms in total. The van der Waals surface area contributed by atoms with Gasteiger partial charge in [-0.2, -0.15) is 4.98 Å². The molecule has 0 aliphatic rings. The summed E-state index contributed by atoms with van der Waals surface area (Å²) in [5.41, 5.74) is 0. The molecule has 0 N–H and O–H groups in total. The molecule has 0 fully saturated rings. The van der Waals surface area contributed by atoms with E-state index >= 15 is 0 Å². The molecule has 0 spiro atoms. The SMILES string of the molecule is Cc1nccc(OCC(C)C)n1. The predicted molar refractivity (Wildman–Crippen MR) is 47.1 cm³/mol. The van der Waals surface area contributed by atoms with Gasteiger partial charge in [-0.15, -0.1) is 0 Å². The molecule has 1 aromatic rings. The minimum Gasteiger partial charge on any atom is -0.477 e. The first-order valence-corrected chi connectivity index (χ1v) is 4.11. The lowest BCUT2D eigenvalue weighted by molar-refractivity contribution is 0.260. The van der Waals surface area contributed by atoms with Crippen molar-refractivity contribution in [3.8, 4) is 5.88 Å². The Balaban J connectivity index is 2.52. The van der Waals surface area contributed by atoms with Crippen molar-refractivity contribution in [1.29, 1.82) is 0 Å². The van der Waals surface area contributed by atoms with E-state index < -0.39 is 0 Å². The van der Waals surface area contributed by atoms with Crippen molar-refractivity contribution in [3.63, 3.8) is 0 Å². The number of hydrogen-bond acceptors (Lipinski definition) is 3. The largest absolute Gasteiger partial charge is 0.477 e. The first-order valence-electron chi connectivity index (χ1n) is 4.11. The minimum absolute atomic E-state index is 0.528. The van der Waals surface area contributed by atoms with E-state index in [9.17, 15) is 0 Å². The fourth-order valence-corrected chi connectivity index (χ4v) is 0.767. The molecule has 1 heterocycles. The zero-order valence-corrected chi connectivity index (χ0v) is 7.74. The lowest BCUT2D eigenvalue weighted by Gasteiger charge is -2.06. The Kier molecular flexibility index (Phi) is 3.02. The fourth-order valence-electron chi connectivity index (χ4n) is 0.767. The maximum Gasteiger partial charge on any atom is 0.216 e. The number of aryl methyl sites for hydroxylation is 1. The number of aromatic nitrogens is 2. The second-order valence-corrected chi connectivity index (χ2v) is 3.15. The van der Waals surface area contributed by atoms with Crippen LogP contribution in [0.4, 0.5) is 0 Å². The van der Waals surface area contributed by atoms with Gasteiger partial charge in [-0.3, -0.25) is 0 Å². The highest BCUT2D eigenvalue weighted by Gasteiger charge is 1.97. The summed E-state index contributed by atoms with van der Waals surface area (Å²) < 4.78 is 5.40. The zero-order valence-electron chi connectivity index (χ0n) is 7.74. The lowest BCUT2D eigenvalue weighted by atomic mass is 10.2. The van der Waals surface area contributed by atoms with E-state index in [2.05, 4.69) is 23.8 Å². The molecular weight excluding hydrogens is 152 g/mol. The van der Waals surface area contributed by atoms with Gasteiger partial charge in [-0.25, -0.2) is 4.98 Å². The van der Waals surface area contributed by atoms with Crippen LogP contribution in [0.2, 0.25) is 0 Å². The van der Waals surface area contributed by atoms with Crippen LogP contribution in [0.3, 0.4) is 0 Å². The van der Waals surface area contributed by atoms with E-state index in [-0.39, 0.29) is 0 Å². The molecule has 0 radical (unpaired) electrons. The summed E-state index contributed by atoms with van der Waals surface area (Å²) >= 11 is 0. The van der Waals surface area contributed by atoms with Gasteiger partial charge in [-0.05, 0) is 12.8 Å². The number of hydrogen-bond donors (Lipinski definition) is 0. The topological polar surface area (TPSA) is 35.0 Å². The van der Waals surface area contributed by atoms with E-state index in [4.69, 9.17) is 4.74 Å². The third-order valence-corrected chi connectivity index (χ3v) is 1.32. The maximum absolute atomic E-state index is 5.40. The highest BCUT2D eigenvalue weighted by Crippen LogP contribution is 2.05. The molecule has 0 saturated heterocycles. The molecule has 0 bridgehead atoms. The predicted octanol–water partition coefficient (Wildman–Crippen LogP) is 1.82. The normalized spacial score (nSPS) is 10.3. The van der Waals surface area contributed by atoms with E-state index in [1.54, 1.807) is 12.3 Å². The first-order chi connectivity index (χ1) is 5.68. The van der Waals surface area contributed by atoms with Gasteiger partial charge in [0.1, 0.15) is 5.82 Å². The Bertz CT molecular complexity index is 248. The van der Waals surface area contributed by atoms with E-state index in [0.29, 0.717) is 18.4 Å². The van der Waals surface area contributed by atoms with Gasteiger partial charge >= 0.3 is 0 Å². The van der Waals surface area contributed by atoms with Crippen molar-refractivity contribution in [2.24, 2.45) is 5.92 Å². The Labute approximate surface area is 72.8 Å². The molecule has 66 valence electrons. The molecular formula is C9H14N2O. The smallest absolute Gasteiger partial charge is 0.216 e. The molecule has 0 saturated carbocycles. The molecule has 1 rings (SSSR count). The summed E-state index contributed by atoms with van der Waals surface area (Å²) in [5.74, 6) is 1.94. The standard InChI is InChI=1S/C9H14N2O/c1-7(2)6-12-9-4-5-10-8(3)11-9/h4-5,7H,6H2,1-3H3. The molecule has 0 unspecified atom stereocenters. The Morgan fingerprint density at radius 3 is 2.83 bits per heavy atom. The summed E-state index contributed by atoms with van der Waals surface area (Å²) in [6.07, 6.45) is 1.71.